The summed E-state index contributed by atoms with van der Waals surface area (Å²) >= 11 is 0. The number of halogens is 1. The minimum Gasteiger partial charge on any atom is -0.491 e. The first-order valence-corrected chi connectivity index (χ1v) is 15.1. The standard InChI is InChI=1S/C34H37FN6O3/c1-24(2)44-30-14-7-11-27(17-30)20-38-16-15-34(19-25(38)3)32(42)39(33(43)41(34)29-13-8-12-28(35)18-29)22-31-36-23-37-40(31)21-26-9-5-4-6-10-26/h4-14,17-18,23-25H,15-16,19-22H2,1-3H3. The van der Waals surface area contributed by atoms with Crippen LogP contribution in [0.5, 0.6) is 5.75 Å². The summed E-state index contributed by atoms with van der Waals surface area (Å²) in [5, 5.41) is 4.36. The predicted octanol–water partition coefficient (Wildman–Crippen LogP) is 5.64. The Morgan fingerprint density at radius 3 is 2.48 bits per heavy atom. The van der Waals surface area contributed by atoms with E-state index in [2.05, 4.69) is 28.0 Å². The molecule has 6 rings (SSSR count). The summed E-state index contributed by atoms with van der Waals surface area (Å²) in [6, 6.07) is 23.3. The molecule has 2 aliphatic heterocycles. The van der Waals surface area contributed by atoms with Crippen LogP contribution in [0.25, 0.3) is 0 Å². The summed E-state index contributed by atoms with van der Waals surface area (Å²) in [7, 11) is 0. The third-order valence-corrected chi connectivity index (χ3v) is 8.46. The van der Waals surface area contributed by atoms with E-state index in [-0.39, 0.29) is 24.6 Å². The highest BCUT2D eigenvalue weighted by Gasteiger charge is 2.60. The molecule has 3 heterocycles. The van der Waals surface area contributed by atoms with Crippen molar-refractivity contribution in [2.24, 2.45) is 0 Å². The highest BCUT2D eigenvalue weighted by Crippen LogP contribution is 2.43. The fraction of sp³-hybridized carbons (Fsp3) is 0.353. The number of piperidine rings is 1. The number of carbonyl (C=O) groups is 2. The quantitative estimate of drug-likeness (QED) is 0.233. The van der Waals surface area contributed by atoms with Crippen LogP contribution in [0.2, 0.25) is 0 Å². The second-order valence-corrected chi connectivity index (χ2v) is 11.9. The van der Waals surface area contributed by atoms with Gasteiger partial charge in [-0.05, 0) is 75.1 Å². The van der Waals surface area contributed by atoms with E-state index >= 15 is 0 Å². The SMILES string of the molecule is CC(C)Oc1cccc(CN2CCC3(CC2C)C(=O)N(Cc2ncnn2Cc2ccccc2)C(=O)N3c2cccc(F)c2)c1. The van der Waals surface area contributed by atoms with Crippen molar-refractivity contribution in [1.29, 1.82) is 0 Å². The molecule has 9 nitrogen and oxygen atoms in total. The van der Waals surface area contributed by atoms with Crippen LogP contribution in [0.4, 0.5) is 14.9 Å². The van der Waals surface area contributed by atoms with Gasteiger partial charge >= 0.3 is 6.03 Å². The van der Waals surface area contributed by atoms with E-state index < -0.39 is 17.4 Å². The van der Waals surface area contributed by atoms with Gasteiger partial charge in [-0.2, -0.15) is 5.10 Å². The summed E-state index contributed by atoms with van der Waals surface area (Å²) in [5.74, 6) is 0.566. The maximum absolute atomic E-state index is 14.5. The summed E-state index contributed by atoms with van der Waals surface area (Å²) in [4.78, 5) is 38.0. The molecule has 228 valence electrons. The highest BCUT2D eigenvalue weighted by molar-refractivity contribution is 6.16. The molecule has 0 N–H and O–H groups in total. The molecule has 1 spiro atoms. The van der Waals surface area contributed by atoms with Crippen LogP contribution in [-0.2, 0) is 24.4 Å². The highest BCUT2D eigenvalue weighted by atomic mass is 19.1. The number of carbonyl (C=O) groups excluding carboxylic acids is 2. The second-order valence-electron chi connectivity index (χ2n) is 11.9. The normalized spacial score (nSPS) is 20.7. The Morgan fingerprint density at radius 2 is 1.73 bits per heavy atom. The minimum absolute atomic E-state index is 0.0290. The van der Waals surface area contributed by atoms with Gasteiger partial charge in [-0.25, -0.2) is 18.9 Å². The summed E-state index contributed by atoms with van der Waals surface area (Å²) in [6.07, 6.45) is 2.33. The van der Waals surface area contributed by atoms with E-state index in [0.717, 1.165) is 16.9 Å². The largest absolute Gasteiger partial charge is 0.491 e. The average Bonchev–Trinajstić information content (AvgIpc) is 3.50. The fourth-order valence-corrected chi connectivity index (χ4v) is 6.41. The third-order valence-electron chi connectivity index (χ3n) is 8.46. The molecule has 1 aromatic heterocycles. The number of anilines is 1. The van der Waals surface area contributed by atoms with Crippen molar-refractivity contribution in [2.75, 3.05) is 11.4 Å². The van der Waals surface area contributed by atoms with Gasteiger partial charge in [0.15, 0.2) is 0 Å². The fourth-order valence-electron chi connectivity index (χ4n) is 6.41. The lowest BCUT2D eigenvalue weighted by Crippen LogP contribution is -2.59. The number of likely N-dealkylation sites (tertiary alicyclic amines) is 1. The zero-order chi connectivity index (χ0) is 30.8. The molecule has 0 saturated carbocycles. The molecular formula is C34H37FN6O3. The van der Waals surface area contributed by atoms with E-state index in [1.807, 2.05) is 62.4 Å². The predicted molar refractivity (Wildman–Crippen MR) is 164 cm³/mol. The molecule has 2 atom stereocenters. The zero-order valence-corrected chi connectivity index (χ0v) is 25.3. The lowest BCUT2D eigenvalue weighted by atomic mass is 9.81. The first kappa shape index (κ1) is 29.5. The van der Waals surface area contributed by atoms with E-state index in [4.69, 9.17) is 4.74 Å². The Labute approximate surface area is 256 Å². The number of benzene rings is 3. The minimum atomic E-state index is -1.15. The molecule has 44 heavy (non-hydrogen) atoms. The van der Waals surface area contributed by atoms with Gasteiger partial charge < -0.3 is 4.74 Å². The van der Waals surface area contributed by atoms with Gasteiger partial charge in [-0.15, -0.1) is 0 Å². The molecule has 4 aromatic rings. The van der Waals surface area contributed by atoms with Crippen LogP contribution < -0.4 is 9.64 Å². The van der Waals surface area contributed by atoms with Crippen molar-refractivity contribution in [3.63, 3.8) is 0 Å². The monoisotopic (exact) mass is 596 g/mol. The summed E-state index contributed by atoms with van der Waals surface area (Å²) < 4.78 is 22.1. The number of ether oxygens (including phenoxy) is 1. The number of rotatable bonds is 9. The Kier molecular flexibility index (Phi) is 8.18. The smallest absolute Gasteiger partial charge is 0.332 e. The van der Waals surface area contributed by atoms with Crippen LogP contribution in [0.3, 0.4) is 0 Å². The number of amides is 3. The molecule has 3 aromatic carbocycles. The van der Waals surface area contributed by atoms with Crippen LogP contribution in [0.1, 0.15) is 50.6 Å². The molecule has 2 unspecified atom stereocenters. The molecular weight excluding hydrogens is 559 g/mol. The van der Waals surface area contributed by atoms with Crippen molar-refractivity contribution in [3.8, 4) is 5.75 Å². The lowest BCUT2D eigenvalue weighted by Gasteiger charge is -2.45. The Balaban J connectivity index is 1.27. The molecule has 2 fully saturated rings. The summed E-state index contributed by atoms with van der Waals surface area (Å²) in [6.45, 7) is 7.77. The number of hydrogen-bond donors (Lipinski definition) is 0. The van der Waals surface area contributed by atoms with Crippen LogP contribution >= 0.6 is 0 Å². The molecule has 0 bridgehead atoms. The van der Waals surface area contributed by atoms with Crippen molar-refractivity contribution in [3.05, 3.63) is 108 Å². The van der Waals surface area contributed by atoms with Crippen LogP contribution in [0.15, 0.2) is 85.2 Å². The van der Waals surface area contributed by atoms with Crippen molar-refractivity contribution in [2.45, 2.75) is 70.9 Å². The van der Waals surface area contributed by atoms with Crippen LogP contribution in [-0.4, -0.2) is 60.7 Å². The van der Waals surface area contributed by atoms with Gasteiger partial charge in [0.1, 0.15) is 29.3 Å². The van der Waals surface area contributed by atoms with Gasteiger partial charge in [0, 0.05) is 24.8 Å². The van der Waals surface area contributed by atoms with Gasteiger partial charge in [0.2, 0.25) is 0 Å². The Bertz CT molecular complexity index is 1640. The first-order valence-electron chi connectivity index (χ1n) is 15.1. The van der Waals surface area contributed by atoms with Crippen molar-refractivity contribution < 1.29 is 18.7 Å². The molecule has 2 saturated heterocycles. The van der Waals surface area contributed by atoms with E-state index in [1.165, 1.54) is 28.3 Å². The molecule has 0 radical (unpaired) electrons. The first-order chi connectivity index (χ1) is 21.2. The van der Waals surface area contributed by atoms with Gasteiger partial charge in [0.25, 0.3) is 5.91 Å². The van der Waals surface area contributed by atoms with Gasteiger partial charge in [-0.3, -0.25) is 19.5 Å². The van der Waals surface area contributed by atoms with Crippen molar-refractivity contribution >= 4 is 17.6 Å². The molecule has 10 heteroatoms. The van der Waals surface area contributed by atoms with E-state index in [9.17, 15) is 14.0 Å². The van der Waals surface area contributed by atoms with Gasteiger partial charge in [-0.1, -0.05) is 48.5 Å². The van der Waals surface area contributed by atoms with Gasteiger partial charge in [0.05, 0.1) is 19.2 Å². The average molecular weight is 597 g/mol. The number of urea groups is 1. The lowest BCUT2D eigenvalue weighted by molar-refractivity contribution is -0.133. The number of imide groups is 1. The van der Waals surface area contributed by atoms with E-state index in [0.29, 0.717) is 44.0 Å². The second kappa shape index (κ2) is 12.2. The van der Waals surface area contributed by atoms with E-state index in [1.54, 1.807) is 16.8 Å². The molecule has 3 amide bonds. The maximum Gasteiger partial charge on any atom is 0.332 e. The Morgan fingerprint density at radius 1 is 0.955 bits per heavy atom. The molecule has 2 aliphatic rings. The Hall–Kier alpha value is -4.57. The van der Waals surface area contributed by atoms with Crippen molar-refractivity contribution in [1.82, 2.24) is 24.6 Å². The topological polar surface area (TPSA) is 83.8 Å². The number of aromatic nitrogens is 3. The zero-order valence-electron chi connectivity index (χ0n) is 25.3. The number of nitrogens with zero attached hydrogens (tertiary/aromatic N) is 6. The molecule has 0 aliphatic carbocycles. The summed E-state index contributed by atoms with van der Waals surface area (Å²) in [5.41, 5.74) is 1.36. The maximum atomic E-state index is 14.5. The third kappa shape index (κ3) is 5.81. The van der Waals surface area contributed by atoms with Crippen LogP contribution in [0, 0.1) is 5.82 Å². The number of hydrogen-bond acceptors (Lipinski definition) is 6.